The molecule has 0 aliphatic carbocycles. The second-order valence-electron chi connectivity index (χ2n) is 5.34. The van der Waals surface area contributed by atoms with Gasteiger partial charge in [0.15, 0.2) is 0 Å². The van der Waals surface area contributed by atoms with Crippen LogP contribution in [0.4, 0.5) is 5.69 Å². The van der Waals surface area contributed by atoms with E-state index in [2.05, 4.69) is 4.90 Å². The van der Waals surface area contributed by atoms with E-state index in [9.17, 15) is 4.79 Å². The van der Waals surface area contributed by atoms with Crippen LogP contribution >= 0.6 is 34.8 Å². The highest BCUT2D eigenvalue weighted by Gasteiger charge is 2.20. The molecule has 128 valence electrons. The molecule has 0 saturated heterocycles. The van der Waals surface area contributed by atoms with Crippen LogP contribution in [-0.4, -0.2) is 30.8 Å². The molecule has 0 fully saturated rings. The smallest absolute Gasteiger partial charge is 0.229 e. The van der Waals surface area contributed by atoms with Gasteiger partial charge in [-0.3, -0.25) is 4.79 Å². The summed E-state index contributed by atoms with van der Waals surface area (Å²) in [6.45, 7) is 1.42. The number of nitrogens with two attached hydrogens (primary N) is 1. The van der Waals surface area contributed by atoms with Crippen molar-refractivity contribution >= 4 is 46.4 Å². The second kappa shape index (κ2) is 9.16. The summed E-state index contributed by atoms with van der Waals surface area (Å²) in [4.78, 5) is 14.1. The Labute approximate surface area is 157 Å². The first kappa shape index (κ1) is 18.9. The van der Waals surface area contributed by atoms with E-state index in [0.29, 0.717) is 29.9 Å². The highest BCUT2D eigenvalue weighted by atomic mass is 35.5. The number of nitrogens with zero attached hydrogens (tertiary/aromatic N) is 1. The third-order valence-corrected chi connectivity index (χ3v) is 4.38. The van der Waals surface area contributed by atoms with Crippen LogP contribution in [0.2, 0.25) is 5.02 Å². The van der Waals surface area contributed by atoms with Gasteiger partial charge in [-0.15, -0.1) is 23.2 Å². The minimum absolute atomic E-state index is 0.400. The van der Waals surface area contributed by atoms with Crippen molar-refractivity contribution in [2.45, 2.75) is 5.92 Å². The number of alkyl halides is 2. The van der Waals surface area contributed by atoms with E-state index in [4.69, 9.17) is 40.5 Å². The maximum absolute atomic E-state index is 12.0. The predicted molar refractivity (Wildman–Crippen MR) is 103 cm³/mol. The number of hydrogen-bond acceptors (Lipinski definition) is 2. The molecule has 0 heterocycles. The molecule has 0 spiro atoms. The van der Waals surface area contributed by atoms with Crippen LogP contribution in [0, 0.1) is 0 Å². The molecule has 24 heavy (non-hydrogen) atoms. The van der Waals surface area contributed by atoms with Gasteiger partial charge in [0.25, 0.3) is 0 Å². The Morgan fingerprint density at radius 1 is 0.917 bits per heavy atom. The van der Waals surface area contributed by atoms with Crippen molar-refractivity contribution in [1.29, 1.82) is 0 Å². The predicted octanol–water partition coefficient (Wildman–Crippen LogP) is 4.24. The minimum atomic E-state index is -0.508. The molecule has 3 nitrogen and oxygen atoms in total. The molecule has 0 unspecified atom stereocenters. The van der Waals surface area contributed by atoms with Crippen LogP contribution in [0.3, 0.4) is 0 Å². The lowest BCUT2D eigenvalue weighted by atomic mass is 9.90. The zero-order valence-corrected chi connectivity index (χ0v) is 15.4. The van der Waals surface area contributed by atoms with Gasteiger partial charge in [-0.25, -0.2) is 0 Å². The van der Waals surface area contributed by atoms with Crippen LogP contribution in [0.25, 0.3) is 0 Å². The summed E-state index contributed by atoms with van der Waals surface area (Å²) in [7, 11) is 0. The number of rotatable bonds is 8. The fraction of sp³-hybridized carbons (Fsp3) is 0.278. The first-order valence-corrected chi connectivity index (χ1v) is 9.03. The third kappa shape index (κ3) is 4.79. The van der Waals surface area contributed by atoms with Crippen molar-refractivity contribution in [3.63, 3.8) is 0 Å². The number of hydrogen-bond donors (Lipinski definition) is 1. The monoisotopic (exact) mass is 384 g/mol. The van der Waals surface area contributed by atoms with Gasteiger partial charge in [-0.2, -0.15) is 0 Å². The van der Waals surface area contributed by atoms with E-state index < -0.39 is 11.8 Å². The van der Waals surface area contributed by atoms with Crippen LogP contribution in [-0.2, 0) is 4.79 Å². The topological polar surface area (TPSA) is 46.3 Å². The summed E-state index contributed by atoms with van der Waals surface area (Å²) in [5.41, 5.74) is 8.28. The molecular formula is C18H19Cl3N2O. The Morgan fingerprint density at radius 3 is 1.79 bits per heavy atom. The third-order valence-electron chi connectivity index (χ3n) is 3.79. The van der Waals surface area contributed by atoms with Crippen LogP contribution in [0.5, 0.6) is 0 Å². The van der Waals surface area contributed by atoms with E-state index in [1.54, 1.807) is 12.1 Å². The van der Waals surface area contributed by atoms with E-state index in [1.165, 1.54) is 0 Å². The van der Waals surface area contributed by atoms with Crippen molar-refractivity contribution in [3.05, 3.63) is 64.7 Å². The van der Waals surface area contributed by atoms with E-state index in [-0.39, 0.29) is 0 Å². The number of primary amides is 1. The maximum Gasteiger partial charge on any atom is 0.229 e. The van der Waals surface area contributed by atoms with Crippen molar-refractivity contribution in [2.75, 3.05) is 29.7 Å². The summed E-state index contributed by atoms with van der Waals surface area (Å²) >= 11 is 17.6. The van der Waals surface area contributed by atoms with Crippen LogP contribution in [0.1, 0.15) is 17.0 Å². The molecule has 2 rings (SSSR count). The molecule has 0 aromatic heterocycles. The number of carbonyl (C=O) groups is 1. The van der Waals surface area contributed by atoms with Crippen molar-refractivity contribution in [1.82, 2.24) is 0 Å². The lowest BCUT2D eigenvalue weighted by Crippen LogP contribution is -2.27. The van der Waals surface area contributed by atoms with Gasteiger partial charge in [0, 0.05) is 35.6 Å². The number of halogens is 3. The number of amides is 1. The summed E-state index contributed by atoms with van der Waals surface area (Å²) in [5.74, 6) is 0.134. The van der Waals surface area contributed by atoms with E-state index in [0.717, 1.165) is 16.8 Å². The molecule has 6 heteroatoms. The standard InChI is InChI=1S/C18H19Cl3N2O/c19-9-11-23(12-10-20)16-7-3-14(4-8-16)17(18(22)24)13-1-5-15(21)6-2-13/h1-8,17H,9-12H2,(H2,22,24)/t17-/m1/s1. The largest absolute Gasteiger partial charge is 0.369 e. The minimum Gasteiger partial charge on any atom is -0.369 e. The molecule has 0 bridgehead atoms. The molecule has 0 radical (unpaired) electrons. The highest BCUT2D eigenvalue weighted by Crippen LogP contribution is 2.27. The quantitative estimate of drug-likeness (QED) is 0.691. The van der Waals surface area contributed by atoms with Gasteiger partial charge in [0.2, 0.25) is 5.91 Å². The molecule has 0 aliphatic heterocycles. The molecule has 0 aliphatic rings. The fourth-order valence-corrected chi connectivity index (χ4v) is 3.16. The number of anilines is 1. The molecule has 2 aromatic rings. The van der Waals surface area contributed by atoms with Gasteiger partial charge >= 0.3 is 0 Å². The molecule has 0 saturated carbocycles. The Bertz CT molecular complexity index is 653. The second-order valence-corrected chi connectivity index (χ2v) is 6.54. The summed E-state index contributed by atoms with van der Waals surface area (Å²) < 4.78 is 0. The molecule has 2 N–H and O–H groups in total. The van der Waals surface area contributed by atoms with Gasteiger partial charge in [-0.1, -0.05) is 35.9 Å². The SMILES string of the molecule is NC(=O)[C@H](c1ccc(Cl)cc1)c1ccc(N(CCCl)CCCl)cc1. The molecule has 1 amide bonds. The average molecular weight is 386 g/mol. The lowest BCUT2D eigenvalue weighted by Gasteiger charge is -2.23. The van der Waals surface area contributed by atoms with Crippen molar-refractivity contribution in [2.24, 2.45) is 5.73 Å². The van der Waals surface area contributed by atoms with E-state index >= 15 is 0 Å². The van der Waals surface area contributed by atoms with Crippen LogP contribution < -0.4 is 10.6 Å². The zero-order chi connectivity index (χ0) is 17.5. The maximum atomic E-state index is 12.0. The van der Waals surface area contributed by atoms with Gasteiger partial charge in [0.05, 0.1) is 5.92 Å². The number of benzene rings is 2. The first-order chi connectivity index (χ1) is 11.6. The Hall–Kier alpha value is -1.42. The first-order valence-electron chi connectivity index (χ1n) is 7.58. The van der Waals surface area contributed by atoms with Crippen molar-refractivity contribution in [3.8, 4) is 0 Å². The Balaban J connectivity index is 2.28. The average Bonchev–Trinajstić information content (AvgIpc) is 2.57. The van der Waals surface area contributed by atoms with Gasteiger partial charge < -0.3 is 10.6 Å². The normalized spacial score (nSPS) is 12.0. The molecule has 1 atom stereocenters. The Kier molecular flexibility index (Phi) is 7.22. The van der Waals surface area contributed by atoms with Gasteiger partial charge in [0.1, 0.15) is 0 Å². The van der Waals surface area contributed by atoms with Gasteiger partial charge in [-0.05, 0) is 35.4 Å². The Morgan fingerprint density at radius 2 is 1.38 bits per heavy atom. The van der Waals surface area contributed by atoms with E-state index in [1.807, 2.05) is 36.4 Å². The van der Waals surface area contributed by atoms with Crippen LogP contribution in [0.15, 0.2) is 48.5 Å². The summed E-state index contributed by atoms with van der Waals surface area (Å²) in [6.07, 6.45) is 0. The fourth-order valence-electron chi connectivity index (χ4n) is 2.63. The molecular weight excluding hydrogens is 367 g/mol. The molecule has 2 aromatic carbocycles. The summed E-state index contributed by atoms with van der Waals surface area (Å²) in [5, 5.41) is 0.620. The number of carbonyl (C=O) groups excluding carboxylic acids is 1. The highest BCUT2D eigenvalue weighted by molar-refractivity contribution is 6.30. The van der Waals surface area contributed by atoms with Crippen molar-refractivity contribution < 1.29 is 4.79 Å². The summed E-state index contributed by atoms with van der Waals surface area (Å²) in [6, 6.07) is 14.9. The lowest BCUT2D eigenvalue weighted by molar-refractivity contribution is -0.118. The zero-order valence-electron chi connectivity index (χ0n) is 13.1.